The number of aliphatic hydroxyl groups excluding tert-OH is 2. The number of aryl methyl sites for hydroxylation is 1. The van der Waals surface area contributed by atoms with Crippen LogP contribution in [0.25, 0.3) is 54.6 Å². The molecule has 0 unspecified atom stereocenters. The molecule has 6 atom stereocenters. The predicted molar refractivity (Wildman–Crippen MR) is 306 cm³/mol. The number of ether oxygens (including phenoxy) is 3. The normalized spacial score (nSPS) is 21.9. The molecule has 6 fully saturated rings. The van der Waals surface area contributed by atoms with Gasteiger partial charge in [-0.3, -0.25) is 14.7 Å². The summed E-state index contributed by atoms with van der Waals surface area (Å²) in [7, 11) is 0. The number of amides is 2. The largest absolute Gasteiger partial charge is 0.486 e. The Morgan fingerprint density at radius 1 is 0.988 bits per heavy atom. The van der Waals surface area contributed by atoms with Crippen molar-refractivity contribution in [2.45, 2.75) is 121 Å². The van der Waals surface area contributed by atoms with Gasteiger partial charge in [0.05, 0.1) is 66.0 Å². The summed E-state index contributed by atoms with van der Waals surface area (Å²) in [6.45, 7) is 10.5. The van der Waals surface area contributed by atoms with Crippen LogP contribution in [0.5, 0.6) is 11.8 Å². The second-order valence-electron chi connectivity index (χ2n) is 23.9. The second kappa shape index (κ2) is 20.8. The van der Waals surface area contributed by atoms with Crippen LogP contribution in [0.2, 0.25) is 0 Å². The average molecular weight is 1130 g/mol. The van der Waals surface area contributed by atoms with Gasteiger partial charge >= 0.3 is 6.01 Å². The van der Waals surface area contributed by atoms with E-state index < -0.39 is 30.1 Å². The number of carbonyl (C=O) groups excluding carboxylic acids is 2. The van der Waals surface area contributed by atoms with E-state index in [0.717, 1.165) is 113 Å². The highest BCUT2D eigenvalue weighted by atomic mass is 32.1. The first-order chi connectivity index (χ1) is 39.8. The molecule has 2 amide bonds. The number of anilines is 1. The summed E-state index contributed by atoms with van der Waals surface area (Å²) in [5, 5.41) is 46.0. The van der Waals surface area contributed by atoms with Gasteiger partial charge in [0.15, 0.2) is 5.75 Å². The third kappa shape index (κ3) is 9.43. The van der Waals surface area contributed by atoms with Crippen LogP contribution < -0.4 is 25.0 Å². The zero-order valence-electron chi connectivity index (χ0n) is 46.1. The fourth-order valence-electron chi connectivity index (χ4n) is 13.3. The molecule has 4 aliphatic heterocycles. The number of aliphatic hydroxyl groups is 2. The number of likely N-dealkylation sites (tertiary alicyclic amines) is 1. The number of rotatable bonds is 17. The smallest absolute Gasteiger partial charge is 0.319 e. The summed E-state index contributed by atoms with van der Waals surface area (Å²) in [6.07, 6.45) is 7.33. The third-order valence-corrected chi connectivity index (χ3v) is 18.9. The Morgan fingerprint density at radius 2 is 1.78 bits per heavy atom. The van der Waals surface area contributed by atoms with E-state index in [1.165, 1.54) is 15.6 Å². The fourth-order valence-corrected chi connectivity index (χ4v) is 14.1. The Bertz CT molecular complexity index is 3760. The van der Waals surface area contributed by atoms with Gasteiger partial charge in [-0.05, 0) is 97.7 Å². The molecular formula is C61H65FN12O7S. The molecule has 0 radical (unpaired) electrons. The van der Waals surface area contributed by atoms with Crippen molar-refractivity contribution in [3.63, 3.8) is 0 Å². The van der Waals surface area contributed by atoms with Crippen molar-refractivity contribution in [2.24, 2.45) is 11.3 Å². The van der Waals surface area contributed by atoms with Gasteiger partial charge in [0, 0.05) is 71.0 Å². The predicted octanol–water partition coefficient (Wildman–Crippen LogP) is 7.88. The average Bonchev–Trinajstić information content (AvgIpc) is 3.81. The lowest BCUT2D eigenvalue weighted by Crippen LogP contribution is -2.56. The molecule has 6 aliphatic rings. The van der Waals surface area contributed by atoms with E-state index in [-0.39, 0.29) is 67.3 Å². The zero-order valence-corrected chi connectivity index (χ0v) is 47.0. The van der Waals surface area contributed by atoms with Crippen LogP contribution in [0.15, 0.2) is 78.6 Å². The first-order valence-corrected chi connectivity index (χ1v) is 29.5. The van der Waals surface area contributed by atoms with Crippen molar-refractivity contribution in [1.29, 1.82) is 0 Å². The molecule has 5 N–H and O–H groups in total. The summed E-state index contributed by atoms with van der Waals surface area (Å²) in [4.78, 5) is 48.4. The standard InChI is InChI=1S/C61H65FN12O7S/c1-31(2)54(59(78)73-24-41(76)16-50(73)58(77)66-49(26-75)37-11-13-38(14-12-37)56-33(4)64-30-82-56)74-25-48(70-71-74)36-7-5-34(6-8-36)27-80-55-52(51-32(3)46(62)18-47-45(51)22-65-69-47)43(35-9-10-35)17-44-53(55)67-60(81-42-19-61(20-42)28-79-29-61)68-57(44)72-23-39-15-40(72)21-63-39/h5-8,11-14,17-18,22,25,30-31,35,39-42,49-50,54,63,75-76H,9-10,15-16,19-21,23-24,26-29H2,1-4H3,(H,65,69)(H,66,77)/t39-,40-,41+,49-,50-,54-/m0/s1. The lowest BCUT2D eigenvalue weighted by molar-refractivity contribution is -0.192. The molecule has 4 saturated heterocycles. The van der Waals surface area contributed by atoms with E-state index >= 15 is 4.39 Å². The van der Waals surface area contributed by atoms with E-state index in [0.29, 0.717) is 51.2 Å². The molecule has 19 nitrogen and oxygen atoms in total. The highest BCUT2D eigenvalue weighted by Crippen LogP contribution is 2.54. The van der Waals surface area contributed by atoms with Gasteiger partial charge in [0.1, 0.15) is 47.6 Å². The number of carbonyl (C=O) groups is 2. The number of nitrogens with one attached hydrogen (secondary N) is 3. The lowest BCUT2D eigenvalue weighted by Gasteiger charge is -2.52. The van der Waals surface area contributed by atoms with E-state index in [1.807, 2.05) is 76.2 Å². The Hall–Kier alpha value is -7.43. The summed E-state index contributed by atoms with van der Waals surface area (Å²) in [5.74, 6) is 0.121. The number of fused-ring (bicyclic) bond motifs is 4. The van der Waals surface area contributed by atoms with E-state index in [1.54, 1.807) is 29.2 Å². The van der Waals surface area contributed by atoms with Crippen LogP contribution in [0.3, 0.4) is 0 Å². The Kier molecular flexibility index (Phi) is 13.3. The lowest BCUT2D eigenvalue weighted by atomic mass is 9.65. The molecule has 82 heavy (non-hydrogen) atoms. The van der Waals surface area contributed by atoms with Crippen LogP contribution in [0, 0.1) is 31.0 Å². The second-order valence-corrected chi connectivity index (χ2v) is 24.8. The van der Waals surface area contributed by atoms with Crippen molar-refractivity contribution in [1.82, 2.24) is 55.7 Å². The van der Waals surface area contributed by atoms with Crippen molar-refractivity contribution < 1.29 is 38.4 Å². The van der Waals surface area contributed by atoms with E-state index in [2.05, 4.69) is 47.1 Å². The number of hydrogen-bond acceptors (Lipinski definition) is 16. The number of H-pyrrole nitrogens is 1. The molecule has 424 valence electrons. The molecule has 14 rings (SSSR count). The zero-order chi connectivity index (χ0) is 56.1. The van der Waals surface area contributed by atoms with Crippen LogP contribution in [0.1, 0.15) is 98.3 Å². The van der Waals surface area contributed by atoms with Gasteiger partial charge in [0.2, 0.25) is 11.8 Å². The van der Waals surface area contributed by atoms with E-state index in [4.69, 9.17) is 24.2 Å². The number of thiazole rings is 1. The SMILES string of the molecule is Cc1ncsc1-c1ccc([C@H](CO)NC(=O)[C@@H]2C[C@@H](O)CN2C(=O)[C@H](C(C)C)n2cc(-c3ccc(COc4c(-c5c(C)c(F)cc6[nH]ncc56)c(C5CC5)cc5c(N6C[C@@H]7C[C@H]6CN7)nc(OC6CC7(COC7)C6)nc45)cc3)nn2)cc1. The van der Waals surface area contributed by atoms with E-state index in [9.17, 15) is 19.8 Å². The maximum absolute atomic E-state index is 16.2. The number of β-amino-alcohol motifs (C(OH)–C–C–N with tert-alkyl or cyclic N) is 1. The van der Waals surface area contributed by atoms with Crippen LogP contribution in [0.4, 0.5) is 10.2 Å². The highest BCUT2D eigenvalue weighted by Gasteiger charge is 2.52. The van der Waals surface area contributed by atoms with Crippen molar-refractivity contribution in [2.75, 3.05) is 44.4 Å². The van der Waals surface area contributed by atoms with Gasteiger partial charge in [-0.25, -0.2) is 14.1 Å². The highest BCUT2D eigenvalue weighted by molar-refractivity contribution is 7.13. The van der Waals surface area contributed by atoms with Crippen LogP contribution in [-0.2, 0) is 20.9 Å². The minimum Gasteiger partial charge on any atom is -0.486 e. The van der Waals surface area contributed by atoms with Crippen molar-refractivity contribution in [3.8, 4) is 44.6 Å². The summed E-state index contributed by atoms with van der Waals surface area (Å²) < 4.78 is 37.2. The minimum atomic E-state index is -0.977. The van der Waals surface area contributed by atoms with Crippen molar-refractivity contribution >= 4 is 50.8 Å². The number of benzene rings is 4. The number of nitrogens with zero attached hydrogens (tertiary/aromatic N) is 9. The molecule has 2 aliphatic carbocycles. The summed E-state index contributed by atoms with van der Waals surface area (Å²) in [5.41, 5.74) is 11.0. The summed E-state index contributed by atoms with van der Waals surface area (Å²) >= 11 is 1.54. The molecule has 8 aromatic rings. The molecule has 1 spiro atoms. The maximum atomic E-state index is 16.2. The van der Waals surface area contributed by atoms with Gasteiger partial charge < -0.3 is 44.9 Å². The Balaban J connectivity index is 0.747. The fraction of sp³-hybridized carbons (Fsp3) is 0.443. The van der Waals surface area contributed by atoms with Gasteiger partial charge in [0.25, 0.3) is 0 Å². The Morgan fingerprint density at radius 3 is 2.46 bits per heavy atom. The monoisotopic (exact) mass is 1130 g/mol. The summed E-state index contributed by atoms with van der Waals surface area (Å²) in [6, 6.07) is 17.5. The number of hydrogen-bond donors (Lipinski definition) is 5. The topological polar surface area (TPSA) is 231 Å². The Labute approximate surface area is 476 Å². The first kappa shape index (κ1) is 52.6. The maximum Gasteiger partial charge on any atom is 0.319 e. The number of aromatic amines is 1. The third-order valence-electron chi connectivity index (χ3n) is 17.9. The quantitative estimate of drug-likeness (QED) is 0.0584. The molecule has 4 aromatic carbocycles. The molecule has 4 aromatic heterocycles. The number of piperazine rings is 1. The molecule has 2 bridgehead atoms. The van der Waals surface area contributed by atoms with Gasteiger partial charge in [-0.1, -0.05) is 67.6 Å². The van der Waals surface area contributed by atoms with Crippen molar-refractivity contribution in [3.05, 3.63) is 112 Å². The van der Waals surface area contributed by atoms with Crippen LogP contribution in [-0.4, -0.2) is 137 Å². The number of halogens is 1. The first-order valence-electron chi connectivity index (χ1n) is 28.6. The van der Waals surface area contributed by atoms with Crippen LogP contribution >= 0.6 is 11.3 Å². The minimum absolute atomic E-state index is 0.0348. The van der Waals surface area contributed by atoms with Gasteiger partial charge in [-0.15, -0.1) is 16.4 Å². The van der Waals surface area contributed by atoms with Gasteiger partial charge in [-0.2, -0.15) is 15.1 Å². The molecule has 21 heteroatoms. The molecule has 8 heterocycles. The molecular weight excluding hydrogens is 1060 g/mol. The number of aromatic nitrogens is 8. The molecule has 2 saturated carbocycles.